The van der Waals surface area contributed by atoms with Crippen LogP contribution < -0.4 is 0 Å². The SMILES string of the molecule is CCOC(=O)c1cccn1Cc1cccc(C(F)(F)F)c1. The Bertz CT molecular complexity index is 632. The van der Waals surface area contributed by atoms with Crippen molar-refractivity contribution in [2.24, 2.45) is 0 Å². The summed E-state index contributed by atoms with van der Waals surface area (Å²) >= 11 is 0. The van der Waals surface area contributed by atoms with Crippen LogP contribution in [0.4, 0.5) is 13.2 Å². The summed E-state index contributed by atoms with van der Waals surface area (Å²) in [5.41, 5.74) is 0.0747. The lowest BCUT2D eigenvalue weighted by molar-refractivity contribution is -0.137. The summed E-state index contributed by atoms with van der Waals surface area (Å²) < 4.78 is 44.5. The molecule has 0 aliphatic heterocycles. The first kappa shape index (κ1) is 15.2. The third kappa shape index (κ3) is 3.65. The molecule has 2 rings (SSSR count). The van der Waals surface area contributed by atoms with Gasteiger partial charge in [-0.1, -0.05) is 12.1 Å². The maximum Gasteiger partial charge on any atom is 0.416 e. The van der Waals surface area contributed by atoms with Crippen molar-refractivity contribution in [3.05, 3.63) is 59.4 Å². The van der Waals surface area contributed by atoms with Crippen LogP contribution in [0.1, 0.15) is 28.5 Å². The molecule has 1 aromatic heterocycles. The summed E-state index contributed by atoms with van der Waals surface area (Å²) in [6.45, 7) is 2.11. The van der Waals surface area contributed by atoms with Gasteiger partial charge in [0.1, 0.15) is 5.69 Å². The van der Waals surface area contributed by atoms with E-state index < -0.39 is 17.7 Å². The summed E-state index contributed by atoms with van der Waals surface area (Å²) in [6, 6.07) is 8.27. The van der Waals surface area contributed by atoms with Gasteiger partial charge >= 0.3 is 12.1 Å². The minimum absolute atomic E-state index is 0.172. The summed E-state index contributed by atoms with van der Waals surface area (Å²) in [7, 11) is 0. The Morgan fingerprint density at radius 2 is 2.00 bits per heavy atom. The van der Waals surface area contributed by atoms with Crippen LogP contribution in [0.25, 0.3) is 0 Å². The average molecular weight is 297 g/mol. The van der Waals surface area contributed by atoms with Crippen LogP contribution in [0.3, 0.4) is 0 Å². The third-order valence-corrected chi connectivity index (χ3v) is 2.92. The van der Waals surface area contributed by atoms with E-state index in [0.717, 1.165) is 12.1 Å². The van der Waals surface area contributed by atoms with Crippen LogP contribution >= 0.6 is 0 Å². The molecule has 0 N–H and O–H groups in total. The van der Waals surface area contributed by atoms with Crippen molar-refractivity contribution in [1.82, 2.24) is 4.57 Å². The smallest absolute Gasteiger partial charge is 0.416 e. The van der Waals surface area contributed by atoms with Crippen LogP contribution in [0.5, 0.6) is 0 Å². The van der Waals surface area contributed by atoms with E-state index in [1.807, 2.05) is 0 Å². The molecule has 0 aliphatic rings. The molecule has 0 aliphatic carbocycles. The standard InChI is InChI=1S/C15H14F3NO2/c1-2-21-14(20)13-7-4-8-19(13)10-11-5-3-6-12(9-11)15(16,17)18/h3-9H,2,10H2,1H3. The molecule has 112 valence electrons. The molecule has 0 radical (unpaired) electrons. The molecule has 2 aromatic rings. The molecule has 0 amide bonds. The largest absolute Gasteiger partial charge is 0.461 e. The predicted octanol–water partition coefficient (Wildman–Crippen LogP) is 3.73. The molecule has 6 heteroatoms. The Kier molecular flexibility index (Phi) is 4.35. The first-order valence-electron chi connectivity index (χ1n) is 6.40. The third-order valence-electron chi connectivity index (χ3n) is 2.92. The van der Waals surface area contributed by atoms with Gasteiger partial charge in [-0.15, -0.1) is 0 Å². The monoisotopic (exact) mass is 297 g/mol. The summed E-state index contributed by atoms with van der Waals surface area (Å²) in [5.74, 6) is -0.491. The molecule has 1 aromatic carbocycles. The Labute approximate surface area is 120 Å². The van der Waals surface area contributed by atoms with Crippen molar-refractivity contribution >= 4 is 5.97 Å². The molecule has 1 heterocycles. The lowest BCUT2D eigenvalue weighted by atomic mass is 10.1. The second-order valence-corrected chi connectivity index (χ2v) is 4.44. The normalized spacial score (nSPS) is 11.4. The van der Waals surface area contributed by atoms with E-state index in [9.17, 15) is 18.0 Å². The molecular weight excluding hydrogens is 283 g/mol. The van der Waals surface area contributed by atoms with Gasteiger partial charge in [0.15, 0.2) is 0 Å². The van der Waals surface area contributed by atoms with Gasteiger partial charge in [-0.25, -0.2) is 4.79 Å². The van der Waals surface area contributed by atoms with Crippen LogP contribution in [0.2, 0.25) is 0 Å². The number of rotatable bonds is 4. The highest BCUT2D eigenvalue weighted by molar-refractivity contribution is 5.87. The van der Waals surface area contributed by atoms with Gasteiger partial charge in [0.05, 0.1) is 12.2 Å². The van der Waals surface area contributed by atoms with Crippen molar-refractivity contribution in [1.29, 1.82) is 0 Å². The zero-order chi connectivity index (χ0) is 15.5. The van der Waals surface area contributed by atoms with Crippen molar-refractivity contribution < 1.29 is 22.7 Å². The number of esters is 1. The van der Waals surface area contributed by atoms with E-state index >= 15 is 0 Å². The number of ether oxygens (including phenoxy) is 1. The average Bonchev–Trinajstić information content (AvgIpc) is 2.86. The Balaban J connectivity index is 2.23. The Hall–Kier alpha value is -2.24. The molecule has 0 saturated carbocycles. The van der Waals surface area contributed by atoms with E-state index in [0.29, 0.717) is 11.3 Å². The number of nitrogens with zero attached hydrogens (tertiary/aromatic N) is 1. The highest BCUT2D eigenvalue weighted by atomic mass is 19.4. The number of carbonyl (C=O) groups excluding carboxylic acids is 1. The second kappa shape index (κ2) is 6.03. The van der Waals surface area contributed by atoms with Gasteiger partial charge in [0.2, 0.25) is 0 Å². The molecule has 3 nitrogen and oxygen atoms in total. The van der Waals surface area contributed by atoms with Gasteiger partial charge in [-0.2, -0.15) is 13.2 Å². The summed E-state index contributed by atoms with van der Waals surface area (Å²) in [5, 5.41) is 0. The van der Waals surface area contributed by atoms with Gasteiger partial charge in [0.25, 0.3) is 0 Å². The highest BCUT2D eigenvalue weighted by Gasteiger charge is 2.30. The van der Waals surface area contributed by atoms with Gasteiger partial charge in [-0.05, 0) is 36.8 Å². The van der Waals surface area contributed by atoms with E-state index in [4.69, 9.17) is 4.74 Å². The summed E-state index contributed by atoms with van der Waals surface area (Å²) in [4.78, 5) is 11.7. The van der Waals surface area contributed by atoms with Crippen molar-refractivity contribution in [3.8, 4) is 0 Å². The number of hydrogen-bond donors (Lipinski definition) is 0. The topological polar surface area (TPSA) is 31.2 Å². The molecule has 0 saturated heterocycles. The molecule has 0 fully saturated rings. The lowest BCUT2D eigenvalue weighted by Crippen LogP contribution is -2.13. The molecule has 0 unspecified atom stereocenters. The van der Waals surface area contributed by atoms with Crippen LogP contribution in [-0.4, -0.2) is 17.1 Å². The van der Waals surface area contributed by atoms with Crippen LogP contribution in [0.15, 0.2) is 42.6 Å². The molecule has 0 atom stereocenters. The minimum atomic E-state index is -4.38. The summed E-state index contributed by atoms with van der Waals surface area (Å²) in [6.07, 6.45) is -2.75. The fourth-order valence-electron chi connectivity index (χ4n) is 1.99. The van der Waals surface area contributed by atoms with E-state index in [-0.39, 0.29) is 13.2 Å². The fourth-order valence-corrected chi connectivity index (χ4v) is 1.99. The van der Waals surface area contributed by atoms with E-state index in [2.05, 4.69) is 0 Å². The number of hydrogen-bond acceptors (Lipinski definition) is 2. The quantitative estimate of drug-likeness (QED) is 0.805. The molecule has 0 bridgehead atoms. The highest BCUT2D eigenvalue weighted by Crippen LogP contribution is 2.29. The van der Waals surface area contributed by atoms with E-state index in [1.54, 1.807) is 35.9 Å². The Morgan fingerprint density at radius 1 is 1.24 bits per heavy atom. The van der Waals surface area contributed by atoms with Gasteiger partial charge in [-0.3, -0.25) is 0 Å². The maximum absolute atomic E-state index is 12.7. The number of halogens is 3. The predicted molar refractivity (Wildman–Crippen MR) is 70.9 cm³/mol. The lowest BCUT2D eigenvalue weighted by Gasteiger charge is -2.11. The van der Waals surface area contributed by atoms with Gasteiger partial charge in [0, 0.05) is 12.7 Å². The second-order valence-electron chi connectivity index (χ2n) is 4.44. The number of benzene rings is 1. The van der Waals surface area contributed by atoms with Crippen LogP contribution in [-0.2, 0) is 17.5 Å². The molecule has 0 spiro atoms. The number of aromatic nitrogens is 1. The molecule has 21 heavy (non-hydrogen) atoms. The number of carbonyl (C=O) groups is 1. The zero-order valence-electron chi connectivity index (χ0n) is 11.4. The first-order valence-corrected chi connectivity index (χ1v) is 6.40. The Morgan fingerprint density at radius 3 is 2.67 bits per heavy atom. The molecular formula is C15H14F3NO2. The minimum Gasteiger partial charge on any atom is -0.461 e. The first-order chi connectivity index (χ1) is 9.91. The number of alkyl halides is 3. The maximum atomic E-state index is 12.7. The van der Waals surface area contributed by atoms with Crippen LogP contribution in [0, 0.1) is 0 Å². The van der Waals surface area contributed by atoms with Crippen molar-refractivity contribution in [3.63, 3.8) is 0 Å². The van der Waals surface area contributed by atoms with E-state index in [1.165, 1.54) is 6.07 Å². The van der Waals surface area contributed by atoms with Crippen molar-refractivity contribution in [2.75, 3.05) is 6.61 Å². The zero-order valence-corrected chi connectivity index (χ0v) is 11.4. The fraction of sp³-hybridized carbons (Fsp3) is 0.267. The van der Waals surface area contributed by atoms with Gasteiger partial charge < -0.3 is 9.30 Å². The van der Waals surface area contributed by atoms with Crippen molar-refractivity contribution in [2.45, 2.75) is 19.6 Å².